The number of carbonyl (C=O) groups is 2. The van der Waals surface area contributed by atoms with Crippen LogP contribution in [0.3, 0.4) is 0 Å². The van der Waals surface area contributed by atoms with E-state index in [-0.39, 0.29) is 18.5 Å². The minimum atomic E-state index is -0.914. The lowest BCUT2D eigenvalue weighted by atomic mass is 9.84. The number of rotatable bonds is 2. The van der Waals surface area contributed by atoms with Crippen LogP contribution >= 0.6 is 11.5 Å². The van der Waals surface area contributed by atoms with Crippen molar-refractivity contribution in [3.63, 3.8) is 0 Å². The lowest BCUT2D eigenvalue weighted by Gasteiger charge is -2.27. The fourth-order valence-electron chi connectivity index (χ4n) is 3.53. The fraction of sp³-hybridized carbons (Fsp3) is 0.375. The summed E-state index contributed by atoms with van der Waals surface area (Å²) >= 11 is 1.20. The minimum Gasteiger partial charge on any atom is -0.319 e. The fourth-order valence-corrected chi connectivity index (χ4v) is 4.01. The summed E-state index contributed by atoms with van der Waals surface area (Å²) in [6.07, 6.45) is 5.13. The molecule has 1 unspecified atom stereocenters. The van der Waals surface area contributed by atoms with Crippen molar-refractivity contribution in [1.29, 1.82) is 0 Å². The smallest absolute Gasteiger partial charge is 0.319 e. The molecule has 0 radical (unpaired) electrons. The number of hydrogen-bond acceptors (Lipinski definition) is 5. The summed E-state index contributed by atoms with van der Waals surface area (Å²) in [5.41, 5.74) is 1.18. The molecule has 23 heavy (non-hydrogen) atoms. The summed E-state index contributed by atoms with van der Waals surface area (Å²) < 4.78 is 3.79. The van der Waals surface area contributed by atoms with Crippen molar-refractivity contribution in [2.45, 2.75) is 37.8 Å². The third kappa shape index (κ3) is 2.23. The summed E-state index contributed by atoms with van der Waals surface area (Å²) in [5, 5.41) is 6.75. The topological polar surface area (TPSA) is 75.2 Å². The van der Waals surface area contributed by atoms with Gasteiger partial charge in [-0.2, -0.15) is 0 Å². The van der Waals surface area contributed by atoms with E-state index in [4.69, 9.17) is 0 Å². The number of amides is 3. The van der Waals surface area contributed by atoms with Crippen LogP contribution in [-0.4, -0.2) is 26.4 Å². The normalized spacial score (nSPS) is 23.7. The second-order valence-corrected chi connectivity index (χ2v) is 6.85. The molecule has 1 aromatic heterocycles. The van der Waals surface area contributed by atoms with Crippen LogP contribution in [-0.2, 0) is 23.3 Å². The second-order valence-electron chi connectivity index (χ2n) is 5.97. The highest BCUT2D eigenvalue weighted by atomic mass is 32.1. The second kappa shape index (κ2) is 5.42. The predicted octanol–water partition coefficient (Wildman–Crippen LogP) is 2.21. The van der Waals surface area contributed by atoms with Crippen LogP contribution in [0.15, 0.2) is 30.5 Å². The van der Waals surface area contributed by atoms with E-state index in [2.05, 4.69) is 21.0 Å². The molecule has 2 aliphatic rings. The molecular weight excluding hydrogens is 312 g/mol. The Morgan fingerprint density at radius 2 is 2.13 bits per heavy atom. The number of hydrogen-bond donors (Lipinski definition) is 1. The van der Waals surface area contributed by atoms with E-state index >= 15 is 0 Å². The maximum atomic E-state index is 13.1. The molecule has 4 rings (SSSR count). The molecule has 3 amide bonds. The van der Waals surface area contributed by atoms with Gasteiger partial charge in [-0.3, -0.25) is 9.69 Å². The highest BCUT2D eigenvalue weighted by Crippen LogP contribution is 2.39. The zero-order chi connectivity index (χ0) is 15.9. The lowest BCUT2D eigenvalue weighted by Crippen LogP contribution is -2.44. The van der Waals surface area contributed by atoms with Crippen molar-refractivity contribution in [3.05, 3.63) is 46.5 Å². The van der Waals surface area contributed by atoms with Crippen LogP contribution in [0.5, 0.6) is 0 Å². The number of urea groups is 1. The molecule has 2 aromatic rings. The Labute approximate surface area is 137 Å². The van der Waals surface area contributed by atoms with E-state index in [1.807, 2.05) is 18.2 Å². The van der Waals surface area contributed by atoms with E-state index < -0.39 is 5.54 Å². The Bertz CT molecular complexity index is 761. The quantitative estimate of drug-likeness (QED) is 0.858. The summed E-state index contributed by atoms with van der Waals surface area (Å²) in [6.45, 7) is 0.228. The van der Waals surface area contributed by atoms with Gasteiger partial charge in [-0.25, -0.2) is 4.79 Å². The summed E-state index contributed by atoms with van der Waals surface area (Å²) in [7, 11) is 0. The number of nitrogens with one attached hydrogen (secondary N) is 1. The van der Waals surface area contributed by atoms with Gasteiger partial charge < -0.3 is 5.32 Å². The molecule has 1 spiro atoms. The van der Waals surface area contributed by atoms with Gasteiger partial charge in [0.1, 0.15) is 5.54 Å². The maximum absolute atomic E-state index is 13.1. The molecule has 118 valence electrons. The first-order chi connectivity index (χ1) is 11.2. The molecule has 1 aliphatic heterocycles. The number of aromatic nitrogens is 2. The summed E-state index contributed by atoms with van der Waals surface area (Å²) in [4.78, 5) is 27.7. The highest BCUT2D eigenvalue weighted by Gasteiger charge is 2.53. The monoisotopic (exact) mass is 328 g/mol. The molecule has 6 nitrogen and oxygen atoms in total. The number of aryl methyl sites for hydroxylation is 1. The molecular formula is C16H16N4O2S. The number of imide groups is 1. The van der Waals surface area contributed by atoms with Crippen molar-refractivity contribution < 1.29 is 9.59 Å². The van der Waals surface area contributed by atoms with E-state index in [1.165, 1.54) is 16.4 Å². The van der Waals surface area contributed by atoms with Gasteiger partial charge >= 0.3 is 6.03 Å². The van der Waals surface area contributed by atoms with Gasteiger partial charge in [0, 0.05) is 0 Å². The number of benzene rings is 1. The van der Waals surface area contributed by atoms with Crippen LogP contribution in [0.1, 0.15) is 35.3 Å². The van der Waals surface area contributed by atoms with Gasteiger partial charge in [0.05, 0.1) is 17.6 Å². The molecule has 7 heteroatoms. The maximum Gasteiger partial charge on any atom is 0.325 e. The molecule has 0 bridgehead atoms. The van der Waals surface area contributed by atoms with Gasteiger partial charge in [0.25, 0.3) is 5.91 Å². The number of carbonyl (C=O) groups excluding carboxylic acids is 2. The van der Waals surface area contributed by atoms with E-state index in [1.54, 1.807) is 6.20 Å². The van der Waals surface area contributed by atoms with Gasteiger partial charge in [0.15, 0.2) is 0 Å². The highest BCUT2D eigenvalue weighted by molar-refractivity contribution is 7.05. The van der Waals surface area contributed by atoms with Crippen molar-refractivity contribution in [3.8, 4) is 0 Å². The standard InChI is InChI=1S/C16H16N4O2S/c21-14-16(8-4-3-6-11-5-1-2-7-13(11)16)18-15(22)20(14)10-12-9-17-19-23-12/h1-2,5,7,9H,3-4,6,8,10H2,(H,18,22). The van der Waals surface area contributed by atoms with Crippen LogP contribution in [0.2, 0.25) is 0 Å². The molecule has 1 aromatic carbocycles. The Balaban J connectivity index is 1.74. The average Bonchev–Trinajstić information content (AvgIpc) is 3.09. The Kier molecular flexibility index (Phi) is 3.37. The average molecular weight is 328 g/mol. The van der Waals surface area contributed by atoms with Crippen LogP contribution in [0.4, 0.5) is 4.79 Å². The Morgan fingerprint density at radius 1 is 1.26 bits per heavy atom. The summed E-state index contributed by atoms with van der Waals surface area (Å²) in [6, 6.07) is 7.61. The molecule has 1 atom stereocenters. The molecule has 1 aliphatic carbocycles. The van der Waals surface area contributed by atoms with Gasteiger partial charge in [-0.1, -0.05) is 28.8 Å². The lowest BCUT2D eigenvalue weighted by molar-refractivity contribution is -0.132. The summed E-state index contributed by atoms with van der Waals surface area (Å²) in [5.74, 6) is -0.162. The first-order valence-electron chi connectivity index (χ1n) is 7.69. The molecule has 1 saturated heterocycles. The molecule has 2 heterocycles. The zero-order valence-electron chi connectivity index (χ0n) is 12.5. The molecule has 1 N–H and O–H groups in total. The zero-order valence-corrected chi connectivity index (χ0v) is 13.3. The van der Waals surface area contributed by atoms with Gasteiger partial charge in [0.2, 0.25) is 0 Å². The van der Waals surface area contributed by atoms with E-state index in [0.29, 0.717) is 6.42 Å². The SMILES string of the molecule is O=C1NC2(CCCCc3ccccc32)C(=O)N1Cc1cnns1. The first-order valence-corrected chi connectivity index (χ1v) is 8.47. The largest absolute Gasteiger partial charge is 0.325 e. The Hall–Kier alpha value is -2.28. The third-order valence-electron chi connectivity index (χ3n) is 4.62. The van der Waals surface area contributed by atoms with E-state index in [0.717, 1.165) is 35.3 Å². The first kappa shape index (κ1) is 14.3. The minimum absolute atomic E-state index is 0.162. The number of fused-ring (bicyclic) bond motifs is 2. The van der Waals surface area contributed by atoms with Crippen molar-refractivity contribution in [2.75, 3.05) is 0 Å². The third-order valence-corrected chi connectivity index (χ3v) is 5.27. The predicted molar refractivity (Wildman–Crippen MR) is 84.7 cm³/mol. The van der Waals surface area contributed by atoms with Gasteiger partial charge in [-0.15, -0.1) is 5.10 Å². The molecule has 0 saturated carbocycles. The molecule has 1 fully saturated rings. The van der Waals surface area contributed by atoms with Crippen LogP contribution in [0.25, 0.3) is 0 Å². The van der Waals surface area contributed by atoms with Gasteiger partial charge in [-0.05, 0) is 48.3 Å². The Morgan fingerprint density at radius 3 is 2.96 bits per heavy atom. The van der Waals surface area contributed by atoms with E-state index in [9.17, 15) is 9.59 Å². The van der Waals surface area contributed by atoms with Crippen LogP contribution in [0, 0.1) is 0 Å². The van der Waals surface area contributed by atoms with Crippen molar-refractivity contribution >= 4 is 23.5 Å². The number of nitrogens with zero attached hydrogens (tertiary/aromatic N) is 3. The van der Waals surface area contributed by atoms with Crippen molar-refractivity contribution in [1.82, 2.24) is 19.8 Å². The van der Waals surface area contributed by atoms with Crippen LogP contribution < -0.4 is 5.32 Å². The van der Waals surface area contributed by atoms with Crippen molar-refractivity contribution in [2.24, 2.45) is 0 Å².